The first kappa shape index (κ1) is 21.7. The molecule has 0 saturated carbocycles. The van der Waals surface area contributed by atoms with E-state index in [4.69, 9.17) is 0 Å². The van der Waals surface area contributed by atoms with Gasteiger partial charge < -0.3 is 0 Å². The summed E-state index contributed by atoms with van der Waals surface area (Å²) in [6.45, 7) is 8.83. The van der Waals surface area contributed by atoms with E-state index in [1.807, 2.05) is 0 Å². The van der Waals surface area contributed by atoms with Crippen LogP contribution in [0, 0.1) is 27.7 Å². The van der Waals surface area contributed by atoms with E-state index in [0.717, 1.165) is 0 Å². The Balaban J connectivity index is 1.43. The molecule has 148 valence electrons. The lowest BCUT2D eigenvalue weighted by Gasteiger charge is -2.06. The molecule has 0 saturated heterocycles. The fourth-order valence-electron chi connectivity index (χ4n) is 4.32. The molecule has 0 nitrogen and oxygen atoms in total. The van der Waals surface area contributed by atoms with Gasteiger partial charge in [-0.05, 0) is 64.5 Å². The second-order valence-corrected chi connectivity index (χ2v) is 8.67. The van der Waals surface area contributed by atoms with Gasteiger partial charge >= 0.3 is 0 Å². The standard InChI is InChI=1S/C27H40/c1-22-16-23(2)19-26(18-22)14-12-10-8-6-5-7-9-11-13-15-27-20-24(3)17-25(4)21-27/h16-21H,5-15H2,1-4H3. The van der Waals surface area contributed by atoms with Crippen LogP contribution < -0.4 is 0 Å². The minimum absolute atomic E-state index is 1.25. The molecule has 0 N–H and O–H groups in total. The Hall–Kier alpha value is -1.56. The molecular formula is C27H40. The van der Waals surface area contributed by atoms with Crippen LogP contribution in [0.1, 0.15) is 91.2 Å². The molecule has 0 heteroatoms. The second kappa shape index (κ2) is 12.0. The zero-order chi connectivity index (χ0) is 19.5. The van der Waals surface area contributed by atoms with Crippen molar-refractivity contribution in [3.8, 4) is 0 Å². The van der Waals surface area contributed by atoms with Crippen molar-refractivity contribution in [2.45, 2.75) is 98.3 Å². The summed E-state index contributed by atoms with van der Waals surface area (Å²) < 4.78 is 0. The first-order valence-electron chi connectivity index (χ1n) is 11.2. The lowest BCUT2D eigenvalue weighted by molar-refractivity contribution is 0.558. The smallest absolute Gasteiger partial charge is 0.0279 e. The van der Waals surface area contributed by atoms with Crippen molar-refractivity contribution in [2.24, 2.45) is 0 Å². The predicted octanol–water partition coefficient (Wildman–Crippen LogP) is 8.22. The molecule has 0 fully saturated rings. The summed E-state index contributed by atoms with van der Waals surface area (Å²) in [5.74, 6) is 0. The molecule has 0 heterocycles. The monoisotopic (exact) mass is 364 g/mol. The highest BCUT2D eigenvalue weighted by Crippen LogP contribution is 2.16. The SMILES string of the molecule is Cc1cc(C)cc(CCCCCCCCCCCc2cc(C)cc(C)c2)c1. The highest BCUT2D eigenvalue weighted by atomic mass is 14.0. The van der Waals surface area contributed by atoms with Crippen LogP contribution in [0.3, 0.4) is 0 Å². The first-order chi connectivity index (χ1) is 13.0. The van der Waals surface area contributed by atoms with Crippen LogP contribution in [-0.4, -0.2) is 0 Å². The number of hydrogen-bond donors (Lipinski definition) is 0. The second-order valence-electron chi connectivity index (χ2n) is 8.67. The van der Waals surface area contributed by atoms with E-state index in [0.29, 0.717) is 0 Å². The number of unbranched alkanes of at least 4 members (excludes halogenated alkanes) is 8. The van der Waals surface area contributed by atoms with Crippen LogP contribution in [0.4, 0.5) is 0 Å². The maximum Gasteiger partial charge on any atom is -0.0279 e. The highest BCUT2D eigenvalue weighted by molar-refractivity contribution is 5.29. The van der Waals surface area contributed by atoms with Crippen LogP contribution in [0.25, 0.3) is 0 Å². The van der Waals surface area contributed by atoms with Gasteiger partial charge in [-0.2, -0.15) is 0 Å². The normalized spacial score (nSPS) is 11.1. The first-order valence-corrected chi connectivity index (χ1v) is 11.2. The van der Waals surface area contributed by atoms with Crippen molar-refractivity contribution in [3.05, 3.63) is 69.8 Å². The van der Waals surface area contributed by atoms with Crippen molar-refractivity contribution in [2.75, 3.05) is 0 Å². The van der Waals surface area contributed by atoms with E-state index in [1.165, 1.54) is 104 Å². The van der Waals surface area contributed by atoms with Gasteiger partial charge in [-0.3, -0.25) is 0 Å². The minimum atomic E-state index is 1.25. The summed E-state index contributed by atoms with van der Waals surface area (Å²) in [6.07, 6.45) is 15.1. The van der Waals surface area contributed by atoms with Crippen LogP contribution in [0.5, 0.6) is 0 Å². The summed E-state index contributed by atoms with van der Waals surface area (Å²) in [7, 11) is 0. The Morgan fingerprint density at radius 1 is 0.370 bits per heavy atom. The number of benzene rings is 2. The van der Waals surface area contributed by atoms with Gasteiger partial charge in [0.2, 0.25) is 0 Å². The lowest BCUT2D eigenvalue weighted by Crippen LogP contribution is -1.90. The molecule has 27 heavy (non-hydrogen) atoms. The van der Waals surface area contributed by atoms with Gasteiger partial charge in [-0.15, -0.1) is 0 Å². The van der Waals surface area contributed by atoms with Crippen molar-refractivity contribution in [1.82, 2.24) is 0 Å². The largest absolute Gasteiger partial charge is 0.0564 e. The van der Waals surface area contributed by atoms with Crippen LogP contribution in [0.15, 0.2) is 36.4 Å². The molecule has 0 aromatic heterocycles. The molecule has 2 rings (SSSR count). The average molecular weight is 365 g/mol. The van der Waals surface area contributed by atoms with Crippen molar-refractivity contribution in [3.63, 3.8) is 0 Å². The molecular weight excluding hydrogens is 324 g/mol. The van der Waals surface area contributed by atoms with Crippen molar-refractivity contribution >= 4 is 0 Å². The summed E-state index contributed by atoms with van der Waals surface area (Å²) in [5, 5.41) is 0. The number of aryl methyl sites for hydroxylation is 6. The van der Waals surface area contributed by atoms with Crippen molar-refractivity contribution in [1.29, 1.82) is 0 Å². The maximum atomic E-state index is 2.35. The third-order valence-electron chi connectivity index (χ3n) is 5.49. The summed E-state index contributed by atoms with van der Waals surface area (Å²) in [6, 6.07) is 13.9. The molecule has 0 aliphatic carbocycles. The number of rotatable bonds is 12. The molecule has 0 aliphatic rings. The maximum absolute atomic E-state index is 2.35. The fourth-order valence-corrected chi connectivity index (χ4v) is 4.32. The molecule has 0 atom stereocenters. The summed E-state index contributed by atoms with van der Waals surface area (Å²) in [4.78, 5) is 0. The zero-order valence-corrected chi connectivity index (χ0v) is 18.2. The van der Waals surface area contributed by atoms with Gasteiger partial charge in [0.15, 0.2) is 0 Å². The Morgan fingerprint density at radius 3 is 0.926 bits per heavy atom. The molecule has 0 unspecified atom stereocenters. The van der Waals surface area contributed by atoms with Crippen LogP contribution in [-0.2, 0) is 12.8 Å². The average Bonchev–Trinajstić information content (AvgIpc) is 2.58. The number of hydrogen-bond acceptors (Lipinski definition) is 0. The van der Waals surface area contributed by atoms with E-state index in [2.05, 4.69) is 64.1 Å². The molecule has 0 radical (unpaired) electrons. The van der Waals surface area contributed by atoms with Gasteiger partial charge in [0.05, 0.1) is 0 Å². The topological polar surface area (TPSA) is 0 Å². The van der Waals surface area contributed by atoms with E-state index in [1.54, 1.807) is 0 Å². The van der Waals surface area contributed by atoms with Gasteiger partial charge in [-0.25, -0.2) is 0 Å². The molecule has 0 bridgehead atoms. The van der Waals surface area contributed by atoms with Crippen molar-refractivity contribution < 1.29 is 0 Å². The summed E-state index contributed by atoms with van der Waals surface area (Å²) >= 11 is 0. The zero-order valence-electron chi connectivity index (χ0n) is 18.2. The lowest BCUT2D eigenvalue weighted by atomic mass is 10.00. The molecule has 2 aromatic carbocycles. The Morgan fingerprint density at radius 2 is 0.630 bits per heavy atom. The van der Waals surface area contributed by atoms with Gasteiger partial charge in [0, 0.05) is 0 Å². The van der Waals surface area contributed by atoms with Gasteiger partial charge in [0.1, 0.15) is 0 Å². The van der Waals surface area contributed by atoms with Crippen LogP contribution >= 0.6 is 0 Å². The Labute approximate surface area is 168 Å². The molecule has 0 amide bonds. The fraction of sp³-hybridized carbons (Fsp3) is 0.556. The third kappa shape index (κ3) is 9.27. The van der Waals surface area contributed by atoms with Gasteiger partial charge in [0.25, 0.3) is 0 Å². The quantitative estimate of drug-likeness (QED) is 0.333. The Kier molecular flexibility index (Phi) is 9.67. The van der Waals surface area contributed by atoms with E-state index < -0.39 is 0 Å². The summed E-state index contributed by atoms with van der Waals surface area (Å²) in [5.41, 5.74) is 8.67. The molecule has 0 spiro atoms. The van der Waals surface area contributed by atoms with E-state index in [-0.39, 0.29) is 0 Å². The van der Waals surface area contributed by atoms with Gasteiger partial charge in [-0.1, -0.05) is 104 Å². The minimum Gasteiger partial charge on any atom is -0.0564 e. The third-order valence-corrected chi connectivity index (χ3v) is 5.49. The highest BCUT2D eigenvalue weighted by Gasteiger charge is 1.99. The Bertz CT molecular complexity index is 580. The van der Waals surface area contributed by atoms with E-state index in [9.17, 15) is 0 Å². The molecule has 2 aromatic rings. The van der Waals surface area contributed by atoms with Crippen LogP contribution in [0.2, 0.25) is 0 Å². The predicted molar refractivity (Wildman–Crippen MR) is 121 cm³/mol. The molecule has 0 aliphatic heterocycles. The van der Waals surface area contributed by atoms with E-state index >= 15 is 0 Å².